The van der Waals surface area contributed by atoms with Crippen LogP contribution in [0.15, 0.2) is 18.2 Å². The summed E-state index contributed by atoms with van der Waals surface area (Å²) in [7, 11) is 0. The molecule has 1 aliphatic carbocycles. The van der Waals surface area contributed by atoms with E-state index < -0.39 is 0 Å². The highest BCUT2D eigenvalue weighted by molar-refractivity contribution is 6.33. The molecular formula is C12H12ClFN2. The molecule has 0 heterocycles. The second-order valence-electron chi connectivity index (χ2n) is 4.31. The molecule has 1 aromatic rings. The van der Waals surface area contributed by atoms with Crippen LogP contribution in [0.5, 0.6) is 0 Å². The summed E-state index contributed by atoms with van der Waals surface area (Å²) in [5.74, 6) is -0.308. The van der Waals surface area contributed by atoms with E-state index in [1.807, 2.05) is 0 Å². The average molecular weight is 239 g/mol. The Kier molecular flexibility index (Phi) is 3.02. The predicted octanol–water partition coefficient (Wildman–Crippen LogP) is 3.58. The van der Waals surface area contributed by atoms with Crippen LogP contribution in [-0.4, -0.2) is 6.54 Å². The largest absolute Gasteiger partial charge is 0.383 e. The maximum Gasteiger partial charge on any atom is 0.125 e. The minimum Gasteiger partial charge on any atom is -0.383 e. The topological polar surface area (TPSA) is 35.8 Å². The summed E-state index contributed by atoms with van der Waals surface area (Å²) in [5.41, 5.74) is 0.690. The van der Waals surface area contributed by atoms with Crippen LogP contribution in [0.1, 0.15) is 19.3 Å². The first-order valence-electron chi connectivity index (χ1n) is 5.21. The van der Waals surface area contributed by atoms with Gasteiger partial charge in [-0.3, -0.25) is 0 Å². The van der Waals surface area contributed by atoms with Gasteiger partial charge in [0, 0.05) is 18.4 Å². The Bertz CT molecular complexity index is 435. The average Bonchev–Trinajstić information content (AvgIpc) is 3.01. The molecule has 0 atom stereocenters. The normalized spacial score (nSPS) is 16.6. The second-order valence-corrected chi connectivity index (χ2v) is 4.72. The predicted molar refractivity (Wildman–Crippen MR) is 61.8 cm³/mol. The van der Waals surface area contributed by atoms with Crippen molar-refractivity contribution in [3.63, 3.8) is 0 Å². The quantitative estimate of drug-likeness (QED) is 0.870. The molecule has 0 radical (unpaired) electrons. The van der Waals surface area contributed by atoms with Gasteiger partial charge in [0.1, 0.15) is 5.82 Å². The van der Waals surface area contributed by atoms with Gasteiger partial charge in [-0.15, -0.1) is 0 Å². The number of halogens is 2. The van der Waals surface area contributed by atoms with Gasteiger partial charge in [-0.1, -0.05) is 11.6 Å². The first kappa shape index (κ1) is 11.2. The summed E-state index contributed by atoms with van der Waals surface area (Å²) in [6.07, 6.45) is 2.66. The molecule has 0 aromatic heterocycles. The molecule has 0 amide bonds. The molecule has 4 heteroatoms. The number of nitrogens with zero attached hydrogens (tertiary/aromatic N) is 1. The number of hydrogen-bond donors (Lipinski definition) is 1. The molecule has 16 heavy (non-hydrogen) atoms. The van der Waals surface area contributed by atoms with Crippen molar-refractivity contribution in [3.8, 4) is 6.07 Å². The molecule has 0 aliphatic heterocycles. The van der Waals surface area contributed by atoms with Gasteiger partial charge >= 0.3 is 0 Å². The fourth-order valence-electron chi connectivity index (χ4n) is 1.68. The van der Waals surface area contributed by atoms with Gasteiger partial charge in [0.05, 0.1) is 16.8 Å². The van der Waals surface area contributed by atoms with E-state index in [4.69, 9.17) is 16.9 Å². The van der Waals surface area contributed by atoms with Crippen LogP contribution in [0.25, 0.3) is 0 Å². The van der Waals surface area contributed by atoms with Crippen LogP contribution in [0, 0.1) is 22.6 Å². The fourth-order valence-corrected chi connectivity index (χ4v) is 1.86. The van der Waals surface area contributed by atoms with E-state index in [1.54, 1.807) is 0 Å². The molecule has 0 bridgehead atoms. The third-order valence-electron chi connectivity index (χ3n) is 2.99. The van der Waals surface area contributed by atoms with E-state index in [0.29, 0.717) is 23.7 Å². The van der Waals surface area contributed by atoms with Gasteiger partial charge in [0.25, 0.3) is 0 Å². The van der Waals surface area contributed by atoms with Crippen molar-refractivity contribution in [1.82, 2.24) is 0 Å². The third kappa shape index (κ3) is 2.45. The van der Waals surface area contributed by atoms with Crippen molar-refractivity contribution in [2.45, 2.75) is 19.3 Å². The summed E-state index contributed by atoms with van der Waals surface area (Å²) in [4.78, 5) is 0. The zero-order chi connectivity index (χ0) is 11.6. The van der Waals surface area contributed by atoms with Gasteiger partial charge in [-0.2, -0.15) is 5.26 Å². The number of benzene rings is 1. The second kappa shape index (κ2) is 4.31. The van der Waals surface area contributed by atoms with Crippen LogP contribution in [0.4, 0.5) is 10.1 Å². The van der Waals surface area contributed by atoms with E-state index in [-0.39, 0.29) is 11.2 Å². The summed E-state index contributed by atoms with van der Waals surface area (Å²) in [5, 5.41) is 12.3. The fraction of sp³-hybridized carbons (Fsp3) is 0.417. The number of nitrogens with one attached hydrogen (secondary N) is 1. The highest BCUT2D eigenvalue weighted by Gasteiger charge is 2.42. The van der Waals surface area contributed by atoms with E-state index in [1.165, 1.54) is 18.2 Å². The first-order valence-corrected chi connectivity index (χ1v) is 5.59. The van der Waals surface area contributed by atoms with Gasteiger partial charge in [-0.25, -0.2) is 4.39 Å². The molecule has 1 aliphatic rings. The third-order valence-corrected chi connectivity index (χ3v) is 3.32. The summed E-state index contributed by atoms with van der Waals surface area (Å²) < 4.78 is 13.0. The van der Waals surface area contributed by atoms with Crippen LogP contribution in [-0.2, 0) is 0 Å². The van der Waals surface area contributed by atoms with E-state index in [2.05, 4.69) is 11.4 Å². The molecule has 0 spiro atoms. The van der Waals surface area contributed by atoms with Gasteiger partial charge < -0.3 is 5.32 Å². The molecule has 0 saturated heterocycles. The Hall–Kier alpha value is -1.27. The lowest BCUT2D eigenvalue weighted by atomic mass is 10.0. The van der Waals surface area contributed by atoms with Crippen molar-refractivity contribution >= 4 is 17.3 Å². The minimum atomic E-state index is -0.308. The first-order chi connectivity index (χ1) is 7.65. The molecule has 2 rings (SSSR count). The summed E-state index contributed by atoms with van der Waals surface area (Å²) >= 11 is 5.93. The lowest BCUT2D eigenvalue weighted by molar-refractivity contribution is 0.557. The van der Waals surface area contributed by atoms with Crippen molar-refractivity contribution in [2.24, 2.45) is 5.41 Å². The van der Waals surface area contributed by atoms with Gasteiger partial charge in [0.15, 0.2) is 0 Å². The zero-order valence-electron chi connectivity index (χ0n) is 8.76. The molecule has 0 unspecified atom stereocenters. The van der Waals surface area contributed by atoms with Crippen molar-refractivity contribution in [2.75, 3.05) is 11.9 Å². The highest BCUT2D eigenvalue weighted by atomic mass is 35.5. The Balaban J connectivity index is 2.00. The number of rotatable bonds is 4. The van der Waals surface area contributed by atoms with Crippen LogP contribution in [0.3, 0.4) is 0 Å². The lowest BCUT2D eigenvalue weighted by Gasteiger charge is -2.14. The van der Waals surface area contributed by atoms with E-state index >= 15 is 0 Å². The van der Waals surface area contributed by atoms with Crippen LogP contribution < -0.4 is 5.32 Å². The molecule has 1 aromatic carbocycles. The lowest BCUT2D eigenvalue weighted by Crippen LogP contribution is -2.15. The van der Waals surface area contributed by atoms with Gasteiger partial charge in [-0.05, 0) is 31.0 Å². The monoisotopic (exact) mass is 238 g/mol. The molecule has 1 N–H and O–H groups in total. The zero-order valence-corrected chi connectivity index (χ0v) is 9.52. The van der Waals surface area contributed by atoms with Crippen molar-refractivity contribution in [3.05, 3.63) is 29.0 Å². The molecule has 84 valence electrons. The molecule has 1 saturated carbocycles. The number of nitriles is 1. The summed E-state index contributed by atoms with van der Waals surface area (Å²) in [6.45, 7) is 0.684. The van der Waals surface area contributed by atoms with E-state index in [9.17, 15) is 4.39 Å². The smallest absolute Gasteiger partial charge is 0.125 e. The Labute approximate surface area is 99.0 Å². The van der Waals surface area contributed by atoms with Crippen molar-refractivity contribution in [1.29, 1.82) is 5.26 Å². The Morgan fingerprint density at radius 1 is 1.50 bits per heavy atom. The standard InChI is InChI=1S/C12H12ClFN2/c13-10-2-1-9(14)7-11(10)16-8-12(3-4-12)5-6-15/h1-2,7,16H,3-5,8H2. The molecule has 2 nitrogen and oxygen atoms in total. The Morgan fingerprint density at radius 3 is 2.88 bits per heavy atom. The number of hydrogen-bond acceptors (Lipinski definition) is 2. The SMILES string of the molecule is N#CCC1(CNc2cc(F)ccc2Cl)CC1. The van der Waals surface area contributed by atoms with Gasteiger partial charge in [0.2, 0.25) is 0 Å². The molecule has 1 fully saturated rings. The maximum atomic E-state index is 13.0. The van der Waals surface area contributed by atoms with Crippen molar-refractivity contribution < 1.29 is 4.39 Å². The highest BCUT2D eigenvalue weighted by Crippen LogP contribution is 2.48. The maximum absolute atomic E-state index is 13.0. The van der Waals surface area contributed by atoms with Crippen LogP contribution >= 0.6 is 11.6 Å². The Morgan fingerprint density at radius 2 is 2.25 bits per heavy atom. The summed E-state index contributed by atoms with van der Waals surface area (Å²) in [6, 6.07) is 6.43. The minimum absolute atomic E-state index is 0.0877. The van der Waals surface area contributed by atoms with Crippen LogP contribution in [0.2, 0.25) is 5.02 Å². The van der Waals surface area contributed by atoms with E-state index in [0.717, 1.165) is 12.8 Å². The molecular weight excluding hydrogens is 227 g/mol. The number of anilines is 1.